The Morgan fingerprint density at radius 1 is 1.16 bits per heavy atom. The summed E-state index contributed by atoms with van der Waals surface area (Å²) in [4.78, 5) is 3.89. The monoisotopic (exact) mass is 463 g/mol. The molecule has 0 radical (unpaired) electrons. The molecule has 12 heteroatoms. The summed E-state index contributed by atoms with van der Waals surface area (Å²) in [5.74, 6) is -2.15. The van der Waals surface area contributed by atoms with Gasteiger partial charge in [0.15, 0.2) is 5.65 Å². The molecule has 31 heavy (non-hydrogen) atoms. The van der Waals surface area contributed by atoms with Crippen molar-refractivity contribution in [3.8, 4) is 16.9 Å². The van der Waals surface area contributed by atoms with Gasteiger partial charge in [0, 0.05) is 29.4 Å². The van der Waals surface area contributed by atoms with Crippen molar-refractivity contribution >= 4 is 22.9 Å². The van der Waals surface area contributed by atoms with Crippen LogP contribution in [0.1, 0.15) is 13.3 Å². The quantitative estimate of drug-likeness (QED) is 0.288. The topological polar surface area (TPSA) is 63.5 Å². The molecule has 6 nitrogen and oxygen atoms in total. The smallest absolute Gasteiger partial charge is 0.408 e. The highest BCUT2D eigenvalue weighted by Crippen LogP contribution is 2.41. The molecule has 3 aromatic rings. The molecule has 2 heterocycles. The van der Waals surface area contributed by atoms with Crippen molar-refractivity contribution in [1.82, 2.24) is 19.9 Å². The number of pyridine rings is 1. The number of hydrogen-bond donors (Lipinski definition) is 2. The standard InChI is InChI=1S/C19H19ClF5N5O/c1-10(19(23,24)25)29-14-8-15-27-9-28-30(15)18(20)17(14)16-12(21)6-11(7-13(16)22)31-5-3-4-26-2/h6-10,26,29H,3-5H2,1-2H3/t10-/m0/s1. The molecule has 2 aromatic heterocycles. The van der Waals surface area contributed by atoms with Gasteiger partial charge in [0.1, 0.15) is 34.9 Å². The van der Waals surface area contributed by atoms with Crippen LogP contribution >= 0.6 is 11.6 Å². The summed E-state index contributed by atoms with van der Waals surface area (Å²) < 4.78 is 75.6. The van der Waals surface area contributed by atoms with Crippen LogP contribution in [-0.4, -0.2) is 47.0 Å². The van der Waals surface area contributed by atoms with Gasteiger partial charge in [-0.3, -0.25) is 0 Å². The first-order valence-corrected chi connectivity index (χ1v) is 9.63. The van der Waals surface area contributed by atoms with E-state index in [1.54, 1.807) is 7.05 Å². The summed E-state index contributed by atoms with van der Waals surface area (Å²) in [6, 6.07) is 1.08. The minimum atomic E-state index is -4.61. The fraction of sp³-hybridized carbons (Fsp3) is 0.368. The second kappa shape index (κ2) is 9.23. The molecule has 1 atom stereocenters. The predicted molar refractivity (Wildman–Crippen MR) is 107 cm³/mol. The molecule has 0 saturated heterocycles. The third-order valence-electron chi connectivity index (χ3n) is 4.48. The van der Waals surface area contributed by atoms with Crippen molar-refractivity contribution in [2.24, 2.45) is 0 Å². The van der Waals surface area contributed by atoms with Crippen molar-refractivity contribution in [3.05, 3.63) is 41.3 Å². The van der Waals surface area contributed by atoms with Gasteiger partial charge in [-0.1, -0.05) is 11.6 Å². The van der Waals surface area contributed by atoms with Crippen LogP contribution in [0.5, 0.6) is 5.75 Å². The molecule has 2 N–H and O–H groups in total. The molecule has 0 amide bonds. The van der Waals surface area contributed by atoms with Crippen LogP contribution in [0.3, 0.4) is 0 Å². The minimum absolute atomic E-state index is 0.0500. The van der Waals surface area contributed by atoms with Crippen LogP contribution in [0.15, 0.2) is 24.5 Å². The van der Waals surface area contributed by atoms with Crippen molar-refractivity contribution in [3.63, 3.8) is 0 Å². The van der Waals surface area contributed by atoms with E-state index >= 15 is 0 Å². The van der Waals surface area contributed by atoms with Crippen LogP contribution < -0.4 is 15.4 Å². The van der Waals surface area contributed by atoms with Gasteiger partial charge in [-0.25, -0.2) is 18.3 Å². The number of halogens is 6. The van der Waals surface area contributed by atoms with Crippen LogP contribution in [0.2, 0.25) is 5.15 Å². The van der Waals surface area contributed by atoms with E-state index < -0.39 is 29.4 Å². The van der Waals surface area contributed by atoms with Gasteiger partial charge in [-0.15, -0.1) is 0 Å². The van der Waals surface area contributed by atoms with Gasteiger partial charge in [0.2, 0.25) is 0 Å². The van der Waals surface area contributed by atoms with Gasteiger partial charge in [-0.05, 0) is 26.9 Å². The number of aromatic nitrogens is 3. The largest absolute Gasteiger partial charge is 0.493 e. The number of rotatable bonds is 8. The van der Waals surface area contributed by atoms with Gasteiger partial charge in [0.05, 0.1) is 12.2 Å². The summed E-state index contributed by atoms with van der Waals surface area (Å²) in [5.41, 5.74) is -1.05. The third kappa shape index (κ3) is 4.99. The number of benzene rings is 1. The average Bonchev–Trinajstić information content (AvgIpc) is 3.15. The highest BCUT2D eigenvalue weighted by Gasteiger charge is 2.37. The van der Waals surface area contributed by atoms with E-state index in [9.17, 15) is 22.0 Å². The van der Waals surface area contributed by atoms with Crippen LogP contribution in [0.25, 0.3) is 16.8 Å². The molecule has 0 fully saturated rings. The van der Waals surface area contributed by atoms with Crippen LogP contribution in [-0.2, 0) is 0 Å². The van der Waals surface area contributed by atoms with E-state index in [1.165, 1.54) is 6.07 Å². The molecule has 0 unspecified atom stereocenters. The van der Waals surface area contributed by atoms with E-state index in [2.05, 4.69) is 20.7 Å². The zero-order chi connectivity index (χ0) is 22.8. The Hall–Kier alpha value is -2.66. The third-order valence-corrected chi connectivity index (χ3v) is 4.83. The maximum atomic E-state index is 14.9. The van der Waals surface area contributed by atoms with E-state index in [-0.39, 0.29) is 34.4 Å². The molecule has 0 aliphatic rings. The van der Waals surface area contributed by atoms with E-state index in [4.69, 9.17) is 16.3 Å². The molecule has 0 bridgehead atoms. The van der Waals surface area contributed by atoms with Gasteiger partial charge >= 0.3 is 6.18 Å². The molecule has 3 rings (SSSR count). The molecule has 1 aromatic carbocycles. The first kappa shape index (κ1) is 23.0. The molecule has 168 valence electrons. The zero-order valence-electron chi connectivity index (χ0n) is 16.5. The number of ether oxygens (including phenoxy) is 1. The fourth-order valence-electron chi connectivity index (χ4n) is 2.90. The van der Waals surface area contributed by atoms with Crippen molar-refractivity contribution < 1.29 is 26.7 Å². The lowest BCUT2D eigenvalue weighted by Crippen LogP contribution is -2.33. The van der Waals surface area contributed by atoms with Crippen LogP contribution in [0, 0.1) is 11.6 Å². The maximum absolute atomic E-state index is 14.9. The van der Waals surface area contributed by atoms with Crippen molar-refractivity contribution in [2.45, 2.75) is 25.6 Å². The van der Waals surface area contributed by atoms with Gasteiger partial charge < -0.3 is 15.4 Å². The Kier molecular flexibility index (Phi) is 6.85. The second-order valence-corrected chi connectivity index (χ2v) is 7.09. The summed E-state index contributed by atoms with van der Waals surface area (Å²) in [6.45, 7) is 1.75. The lowest BCUT2D eigenvalue weighted by molar-refractivity contribution is -0.138. The Morgan fingerprint density at radius 3 is 2.45 bits per heavy atom. The number of alkyl halides is 3. The molecule has 0 spiro atoms. The minimum Gasteiger partial charge on any atom is -0.493 e. The Balaban J connectivity index is 2.08. The van der Waals surface area contributed by atoms with E-state index in [1.807, 2.05) is 0 Å². The first-order valence-electron chi connectivity index (χ1n) is 9.25. The SMILES string of the molecule is CNCCCOc1cc(F)c(-c2c(N[C@@H](C)C(F)(F)F)cc3ncnn3c2Cl)c(F)c1. The predicted octanol–water partition coefficient (Wildman–Crippen LogP) is 4.68. The highest BCUT2D eigenvalue weighted by molar-refractivity contribution is 6.33. The number of fused-ring (bicyclic) bond motifs is 1. The summed E-state index contributed by atoms with van der Waals surface area (Å²) in [6.07, 6.45) is -2.87. The lowest BCUT2D eigenvalue weighted by atomic mass is 10.0. The Bertz CT molecular complexity index is 1050. The maximum Gasteiger partial charge on any atom is 0.408 e. The van der Waals surface area contributed by atoms with E-state index in [0.29, 0.717) is 13.0 Å². The highest BCUT2D eigenvalue weighted by atomic mass is 35.5. The van der Waals surface area contributed by atoms with E-state index in [0.717, 1.165) is 29.9 Å². The van der Waals surface area contributed by atoms with Gasteiger partial charge in [0.25, 0.3) is 0 Å². The van der Waals surface area contributed by atoms with Crippen molar-refractivity contribution in [1.29, 1.82) is 0 Å². The Labute approximate surface area is 179 Å². The zero-order valence-corrected chi connectivity index (χ0v) is 17.3. The lowest BCUT2D eigenvalue weighted by Gasteiger charge is -2.22. The number of anilines is 1. The summed E-state index contributed by atoms with van der Waals surface area (Å²) in [7, 11) is 1.76. The number of nitrogens with zero attached hydrogens (tertiary/aromatic N) is 3. The van der Waals surface area contributed by atoms with Crippen molar-refractivity contribution in [2.75, 3.05) is 25.5 Å². The average molecular weight is 464 g/mol. The normalized spacial score (nSPS) is 12.9. The molecule has 0 aliphatic carbocycles. The number of hydrogen-bond acceptors (Lipinski definition) is 5. The first-order chi connectivity index (χ1) is 14.6. The number of nitrogens with one attached hydrogen (secondary N) is 2. The Morgan fingerprint density at radius 2 is 1.84 bits per heavy atom. The second-order valence-electron chi connectivity index (χ2n) is 6.73. The summed E-state index contributed by atoms with van der Waals surface area (Å²) in [5, 5.41) is 8.70. The fourth-order valence-corrected chi connectivity index (χ4v) is 3.22. The molecular weight excluding hydrogens is 445 g/mol. The van der Waals surface area contributed by atoms with Crippen LogP contribution in [0.4, 0.5) is 27.6 Å². The molecule has 0 saturated carbocycles. The molecule has 0 aliphatic heterocycles. The molecular formula is C19H19ClF5N5O. The summed E-state index contributed by atoms with van der Waals surface area (Å²) >= 11 is 6.29. The van der Waals surface area contributed by atoms with Gasteiger partial charge in [-0.2, -0.15) is 18.3 Å².